The third-order valence-corrected chi connectivity index (χ3v) is 5.65. The van der Waals surface area contributed by atoms with E-state index in [4.69, 9.17) is 11.6 Å². The van der Waals surface area contributed by atoms with Gasteiger partial charge in [0.1, 0.15) is 11.8 Å². The molecule has 4 amide bonds. The second-order valence-corrected chi connectivity index (χ2v) is 8.31. The molecule has 0 aliphatic rings. The molecule has 10 nitrogen and oxygen atoms in total. The normalized spacial score (nSPS) is 11.3. The van der Waals surface area contributed by atoms with Crippen LogP contribution in [0.25, 0.3) is 16.7 Å². The van der Waals surface area contributed by atoms with Crippen molar-refractivity contribution in [1.29, 1.82) is 0 Å². The zero-order chi connectivity index (χ0) is 27.4. The number of pyridine rings is 1. The number of aromatic nitrogens is 3. The number of amides is 4. The third kappa shape index (κ3) is 5.79. The molecule has 2 heterocycles. The lowest BCUT2D eigenvalue weighted by molar-refractivity contribution is -0.137. The van der Waals surface area contributed by atoms with Gasteiger partial charge in [0.2, 0.25) is 0 Å². The summed E-state index contributed by atoms with van der Waals surface area (Å²) in [5, 5.41) is 19.5. The standard InChI is InChI=1S/C24H21ClF3N7O3/c1-2-29-22(37)34-21-19-20(13(11-36)10-30-21)35(12-31-19)16-6-3-14(4-7-16)32-23(38)33-15-5-8-18(25)17(9-15)24(26,27)28/h3-10,12,36H,2,11H2,1H3,(H2,32,33,38)(H2,29,30,34,37). The van der Waals surface area contributed by atoms with E-state index in [1.165, 1.54) is 18.6 Å². The Kier molecular flexibility index (Phi) is 7.69. The van der Waals surface area contributed by atoms with Crippen LogP contribution in [0.1, 0.15) is 18.1 Å². The summed E-state index contributed by atoms with van der Waals surface area (Å²) in [7, 11) is 0. The van der Waals surface area contributed by atoms with Crippen LogP contribution in [-0.4, -0.2) is 38.2 Å². The van der Waals surface area contributed by atoms with Gasteiger partial charge in [-0.1, -0.05) is 11.6 Å². The van der Waals surface area contributed by atoms with Gasteiger partial charge in [0, 0.05) is 35.4 Å². The number of urea groups is 2. The molecule has 4 rings (SSSR count). The van der Waals surface area contributed by atoms with Gasteiger partial charge in [-0.05, 0) is 49.4 Å². The monoisotopic (exact) mass is 547 g/mol. The Bertz CT molecular complexity index is 1490. The second kappa shape index (κ2) is 10.9. The Morgan fingerprint density at radius 3 is 2.34 bits per heavy atom. The molecule has 0 fully saturated rings. The summed E-state index contributed by atoms with van der Waals surface area (Å²) in [6.07, 6.45) is -1.73. The minimum absolute atomic E-state index is 0.0806. The number of carbonyl (C=O) groups is 2. The number of nitrogens with one attached hydrogen (secondary N) is 4. The number of nitrogens with zero attached hydrogens (tertiary/aromatic N) is 3. The molecule has 4 aromatic rings. The van der Waals surface area contributed by atoms with Crippen molar-refractivity contribution in [3.63, 3.8) is 0 Å². The predicted molar refractivity (Wildman–Crippen MR) is 137 cm³/mol. The number of hydrogen-bond donors (Lipinski definition) is 5. The average molecular weight is 548 g/mol. The summed E-state index contributed by atoms with van der Waals surface area (Å²) in [4.78, 5) is 32.8. The molecular weight excluding hydrogens is 527 g/mol. The van der Waals surface area contributed by atoms with Crippen molar-refractivity contribution in [3.8, 4) is 5.69 Å². The fraction of sp³-hybridized carbons (Fsp3) is 0.167. The number of aliphatic hydroxyl groups excluding tert-OH is 1. The lowest BCUT2D eigenvalue weighted by Gasteiger charge is -2.13. The van der Waals surface area contributed by atoms with Crippen LogP contribution < -0.4 is 21.3 Å². The van der Waals surface area contributed by atoms with E-state index in [0.717, 1.165) is 12.1 Å². The van der Waals surface area contributed by atoms with E-state index in [2.05, 4.69) is 31.2 Å². The number of rotatable bonds is 6. The largest absolute Gasteiger partial charge is 0.417 e. The number of carbonyl (C=O) groups excluding carboxylic acids is 2. The average Bonchev–Trinajstić information content (AvgIpc) is 3.31. The molecule has 5 N–H and O–H groups in total. The number of aliphatic hydroxyl groups is 1. The van der Waals surface area contributed by atoms with Gasteiger partial charge in [0.15, 0.2) is 5.82 Å². The van der Waals surface area contributed by atoms with Gasteiger partial charge in [-0.3, -0.25) is 9.88 Å². The predicted octanol–water partition coefficient (Wildman–Crippen LogP) is 5.37. The van der Waals surface area contributed by atoms with Crippen LogP contribution >= 0.6 is 11.6 Å². The summed E-state index contributed by atoms with van der Waals surface area (Å²) in [5.74, 6) is 0.215. The smallest absolute Gasteiger partial charge is 0.392 e. The van der Waals surface area contributed by atoms with Crippen molar-refractivity contribution >= 4 is 51.9 Å². The highest BCUT2D eigenvalue weighted by molar-refractivity contribution is 6.31. The van der Waals surface area contributed by atoms with Crippen LogP contribution in [0.4, 0.5) is 40.0 Å². The van der Waals surface area contributed by atoms with Crippen LogP contribution in [0, 0.1) is 0 Å². The number of alkyl halides is 3. The second-order valence-electron chi connectivity index (χ2n) is 7.90. The molecule has 38 heavy (non-hydrogen) atoms. The Hall–Kier alpha value is -4.36. The molecule has 0 aliphatic carbocycles. The molecular formula is C24H21ClF3N7O3. The molecule has 2 aromatic heterocycles. The van der Waals surface area contributed by atoms with Crippen LogP contribution in [0.5, 0.6) is 0 Å². The van der Waals surface area contributed by atoms with Gasteiger partial charge in [0.05, 0.1) is 22.7 Å². The van der Waals surface area contributed by atoms with Gasteiger partial charge >= 0.3 is 18.2 Å². The van der Waals surface area contributed by atoms with E-state index in [-0.39, 0.29) is 18.1 Å². The molecule has 2 aromatic carbocycles. The maximum Gasteiger partial charge on any atom is 0.417 e. The first-order chi connectivity index (χ1) is 18.1. The molecule has 0 unspecified atom stereocenters. The fourth-order valence-electron chi connectivity index (χ4n) is 3.63. The molecule has 198 valence electrons. The van der Waals surface area contributed by atoms with Gasteiger partial charge in [-0.15, -0.1) is 0 Å². The van der Waals surface area contributed by atoms with Crippen LogP contribution in [-0.2, 0) is 12.8 Å². The highest BCUT2D eigenvalue weighted by Crippen LogP contribution is 2.36. The molecule has 14 heteroatoms. The van der Waals surface area contributed by atoms with Crippen LogP contribution in [0.3, 0.4) is 0 Å². The summed E-state index contributed by atoms with van der Waals surface area (Å²) >= 11 is 5.61. The lowest BCUT2D eigenvalue weighted by atomic mass is 10.2. The van der Waals surface area contributed by atoms with Crippen LogP contribution in [0.2, 0.25) is 5.02 Å². The van der Waals surface area contributed by atoms with E-state index >= 15 is 0 Å². The van der Waals surface area contributed by atoms with Crippen molar-refractivity contribution in [2.75, 3.05) is 22.5 Å². The molecule has 0 atom stereocenters. The molecule has 0 saturated heterocycles. The van der Waals surface area contributed by atoms with Gasteiger partial charge in [-0.25, -0.2) is 19.6 Å². The number of halogens is 4. The minimum Gasteiger partial charge on any atom is -0.392 e. The van der Waals surface area contributed by atoms with E-state index in [1.54, 1.807) is 35.8 Å². The first-order valence-corrected chi connectivity index (χ1v) is 11.5. The van der Waals surface area contributed by atoms with E-state index in [1.807, 2.05) is 0 Å². The number of anilines is 3. The van der Waals surface area contributed by atoms with Crippen molar-refractivity contribution in [2.45, 2.75) is 19.7 Å². The number of imidazole rings is 1. The first-order valence-electron chi connectivity index (χ1n) is 11.2. The number of benzene rings is 2. The summed E-state index contributed by atoms with van der Waals surface area (Å²) in [6, 6.07) is 8.35. The van der Waals surface area contributed by atoms with Gasteiger partial charge < -0.3 is 21.1 Å². The zero-order valence-corrected chi connectivity index (χ0v) is 20.5. The van der Waals surface area contributed by atoms with Gasteiger partial charge in [-0.2, -0.15) is 13.2 Å². The lowest BCUT2D eigenvalue weighted by Crippen LogP contribution is -2.28. The number of fused-ring (bicyclic) bond motifs is 1. The first kappa shape index (κ1) is 26.7. The van der Waals surface area contributed by atoms with Gasteiger partial charge in [0.25, 0.3) is 0 Å². The van der Waals surface area contributed by atoms with Crippen LogP contribution in [0.15, 0.2) is 55.0 Å². The maximum atomic E-state index is 13.1. The molecule has 0 spiro atoms. The topological polar surface area (TPSA) is 133 Å². The Balaban J connectivity index is 1.53. The molecule has 0 bridgehead atoms. The zero-order valence-electron chi connectivity index (χ0n) is 19.7. The van der Waals surface area contributed by atoms with E-state index in [0.29, 0.717) is 34.5 Å². The minimum atomic E-state index is -4.66. The summed E-state index contributed by atoms with van der Waals surface area (Å²) in [5.41, 5.74) is 1.21. The fourth-order valence-corrected chi connectivity index (χ4v) is 3.85. The maximum absolute atomic E-state index is 13.1. The highest BCUT2D eigenvalue weighted by atomic mass is 35.5. The molecule has 0 radical (unpaired) electrons. The molecule has 0 aliphatic heterocycles. The van der Waals surface area contributed by atoms with Crippen molar-refractivity contribution in [3.05, 3.63) is 71.1 Å². The quantitative estimate of drug-likeness (QED) is 0.221. The summed E-state index contributed by atoms with van der Waals surface area (Å²) in [6.45, 7) is 1.87. The highest BCUT2D eigenvalue weighted by Gasteiger charge is 2.33. The Morgan fingerprint density at radius 1 is 1.00 bits per heavy atom. The van der Waals surface area contributed by atoms with E-state index < -0.39 is 28.8 Å². The summed E-state index contributed by atoms with van der Waals surface area (Å²) < 4.78 is 40.9. The Morgan fingerprint density at radius 2 is 1.68 bits per heavy atom. The molecule has 0 saturated carbocycles. The third-order valence-electron chi connectivity index (χ3n) is 5.32. The van der Waals surface area contributed by atoms with Crippen molar-refractivity contribution in [2.24, 2.45) is 0 Å². The number of hydrogen-bond acceptors (Lipinski definition) is 5. The van der Waals surface area contributed by atoms with E-state index in [9.17, 15) is 27.9 Å². The Labute approximate surface area is 218 Å². The SMILES string of the molecule is CCNC(=O)Nc1ncc(CO)c2c1ncn2-c1ccc(NC(=O)Nc2ccc(Cl)c(C(F)(F)F)c2)cc1. The van der Waals surface area contributed by atoms with Crippen molar-refractivity contribution in [1.82, 2.24) is 19.9 Å². The van der Waals surface area contributed by atoms with Crippen molar-refractivity contribution < 1.29 is 27.9 Å².